The molecule has 9 nitrogen and oxygen atoms in total. The van der Waals surface area contributed by atoms with Crippen LogP contribution >= 0.6 is 0 Å². The molecular weight excluding hydrogens is 540 g/mol. The van der Waals surface area contributed by atoms with Crippen LogP contribution in [0, 0.1) is 0 Å². The number of esters is 1. The largest absolute Gasteiger partial charge is 0.506 e. The van der Waals surface area contributed by atoms with Crippen molar-refractivity contribution in [1.29, 1.82) is 0 Å². The minimum atomic E-state index is -0.834. The van der Waals surface area contributed by atoms with E-state index in [0.29, 0.717) is 28.0 Å². The summed E-state index contributed by atoms with van der Waals surface area (Å²) in [6.45, 7) is 2.07. The molecule has 4 rings (SSSR count). The van der Waals surface area contributed by atoms with Crippen LogP contribution in [0.15, 0.2) is 48.5 Å². The number of aromatic hydroxyl groups is 1. The number of hydrogen-bond donors (Lipinski definition) is 1. The van der Waals surface area contributed by atoms with Gasteiger partial charge in [0.15, 0.2) is 28.8 Å². The average molecular weight is 575 g/mol. The molecule has 0 aliphatic heterocycles. The molecule has 0 unspecified atom stereocenters. The number of carbonyl (C=O) groups excluding carboxylic acids is 2. The first-order chi connectivity index (χ1) is 20.3. The Bertz CT molecular complexity index is 1640. The lowest BCUT2D eigenvalue weighted by Gasteiger charge is -2.23. The Morgan fingerprint density at radius 2 is 1.36 bits per heavy atom. The predicted molar refractivity (Wildman–Crippen MR) is 159 cm³/mol. The first-order valence-electron chi connectivity index (χ1n) is 13.3. The Balaban J connectivity index is 2.23. The number of hydrogen-bond acceptors (Lipinski definition) is 9. The van der Waals surface area contributed by atoms with Crippen LogP contribution in [0.1, 0.15) is 45.2 Å². The maximum Gasteiger partial charge on any atom is 0.339 e. The van der Waals surface area contributed by atoms with Gasteiger partial charge in [-0.2, -0.15) is 0 Å². The molecule has 0 atom stereocenters. The van der Waals surface area contributed by atoms with E-state index < -0.39 is 17.5 Å². The number of carbonyl (C=O) groups is 2. The molecule has 9 heteroatoms. The van der Waals surface area contributed by atoms with E-state index in [1.165, 1.54) is 42.7 Å². The summed E-state index contributed by atoms with van der Waals surface area (Å²) in [6.07, 6.45) is 1.81. The number of benzene rings is 4. The zero-order chi connectivity index (χ0) is 30.6. The maximum absolute atomic E-state index is 14.2. The van der Waals surface area contributed by atoms with Gasteiger partial charge in [0.2, 0.25) is 5.75 Å². The molecule has 0 amide bonds. The Morgan fingerprint density at radius 3 is 1.90 bits per heavy atom. The van der Waals surface area contributed by atoms with Crippen molar-refractivity contribution in [3.8, 4) is 45.6 Å². The monoisotopic (exact) mass is 574 g/mol. The number of ketones is 1. The van der Waals surface area contributed by atoms with Crippen molar-refractivity contribution >= 4 is 22.5 Å². The summed E-state index contributed by atoms with van der Waals surface area (Å²) < 4.78 is 33.1. The fourth-order valence-corrected chi connectivity index (χ4v) is 5.16. The van der Waals surface area contributed by atoms with Crippen LogP contribution in [0.4, 0.5) is 0 Å². The molecule has 1 N–H and O–H groups in total. The zero-order valence-corrected chi connectivity index (χ0v) is 24.7. The van der Waals surface area contributed by atoms with Gasteiger partial charge in [0.1, 0.15) is 5.75 Å². The van der Waals surface area contributed by atoms with Crippen molar-refractivity contribution in [2.75, 3.05) is 42.7 Å². The molecule has 0 fully saturated rings. The van der Waals surface area contributed by atoms with Gasteiger partial charge in [-0.15, -0.1) is 0 Å². The number of phenols is 1. The summed E-state index contributed by atoms with van der Waals surface area (Å²) in [5.41, 5.74) is 1.72. The number of ether oxygens (including phenoxy) is 6. The first-order valence-corrected chi connectivity index (χ1v) is 13.3. The van der Waals surface area contributed by atoms with E-state index >= 15 is 0 Å². The Hall–Kier alpha value is -4.92. The van der Waals surface area contributed by atoms with Crippen molar-refractivity contribution in [2.24, 2.45) is 0 Å². The lowest BCUT2D eigenvalue weighted by atomic mass is 9.85. The molecule has 0 radical (unpaired) electrons. The van der Waals surface area contributed by atoms with Gasteiger partial charge in [-0.05, 0) is 35.7 Å². The van der Waals surface area contributed by atoms with Crippen LogP contribution in [0.25, 0.3) is 21.9 Å². The topological polar surface area (TPSA) is 110 Å². The van der Waals surface area contributed by atoms with Gasteiger partial charge < -0.3 is 33.5 Å². The fourth-order valence-electron chi connectivity index (χ4n) is 5.16. The molecule has 220 valence electrons. The van der Waals surface area contributed by atoms with E-state index in [9.17, 15) is 14.7 Å². The van der Waals surface area contributed by atoms with Crippen LogP contribution in [0.3, 0.4) is 0 Å². The van der Waals surface area contributed by atoms with E-state index in [0.717, 1.165) is 18.4 Å². The Morgan fingerprint density at radius 1 is 0.714 bits per heavy atom. The number of fused-ring (bicyclic) bond motifs is 1. The highest BCUT2D eigenvalue weighted by Crippen LogP contribution is 2.52. The van der Waals surface area contributed by atoms with Crippen LogP contribution in [-0.2, 0) is 11.2 Å². The van der Waals surface area contributed by atoms with Crippen molar-refractivity contribution in [3.05, 3.63) is 70.8 Å². The van der Waals surface area contributed by atoms with E-state index in [-0.39, 0.29) is 39.3 Å². The second-order valence-electron chi connectivity index (χ2n) is 9.38. The SMILES string of the molecule is CCCc1ccc(C(=O)c2c(C(=O)OC)c(-c3ccc(OC)c(OC)c3)c3c(OC)c(OC)c(OC)cc3c2O)cc1. The first kappa shape index (κ1) is 30.0. The van der Waals surface area contributed by atoms with Crippen LogP contribution in [0.2, 0.25) is 0 Å². The third kappa shape index (κ3) is 5.13. The molecule has 0 aliphatic carbocycles. The molecule has 0 bridgehead atoms. The Labute approximate surface area is 244 Å². The molecule has 0 spiro atoms. The summed E-state index contributed by atoms with van der Waals surface area (Å²) in [6, 6.07) is 13.7. The summed E-state index contributed by atoms with van der Waals surface area (Å²) in [5.74, 6) is -0.326. The smallest absolute Gasteiger partial charge is 0.339 e. The quantitative estimate of drug-likeness (QED) is 0.165. The highest BCUT2D eigenvalue weighted by atomic mass is 16.5. The predicted octanol–water partition coefficient (Wildman–Crippen LogP) is 6.23. The maximum atomic E-state index is 14.2. The molecule has 4 aromatic carbocycles. The molecule has 0 aromatic heterocycles. The van der Waals surface area contributed by atoms with Crippen LogP contribution < -0.4 is 23.7 Å². The highest BCUT2D eigenvalue weighted by Gasteiger charge is 2.33. The summed E-state index contributed by atoms with van der Waals surface area (Å²) in [5, 5.41) is 12.3. The van der Waals surface area contributed by atoms with Crippen molar-refractivity contribution in [1.82, 2.24) is 0 Å². The van der Waals surface area contributed by atoms with Gasteiger partial charge in [-0.25, -0.2) is 4.79 Å². The van der Waals surface area contributed by atoms with Gasteiger partial charge in [-0.1, -0.05) is 43.7 Å². The van der Waals surface area contributed by atoms with Crippen LogP contribution in [0.5, 0.6) is 34.5 Å². The van der Waals surface area contributed by atoms with Gasteiger partial charge in [0.05, 0.1) is 53.8 Å². The second kappa shape index (κ2) is 12.7. The molecule has 4 aromatic rings. The lowest BCUT2D eigenvalue weighted by Crippen LogP contribution is -2.15. The van der Waals surface area contributed by atoms with Crippen molar-refractivity contribution in [2.45, 2.75) is 19.8 Å². The lowest BCUT2D eigenvalue weighted by molar-refractivity contribution is 0.0598. The average Bonchev–Trinajstić information content (AvgIpc) is 3.03. The van der Waals surface area contributed by atoms with E-state index in [1.807, 2.05) is 12.1 Å². The Kier molecular flexibility index (Phi) is 9.10. The minimum Gasteiger partial charge on any atom is -0.506 e. The summed E-state index contributed by atoms with van der Waals surface area (Å²) >= 11 is 0. The molecule has 0 aliphatic rings. The zero-order valence-electron chi connectivity index (χ0n) is 24.7. The third-order valence-corrected chi connectivity index (χ3v) is 7.12. The molecular formula is C33H34O9. The summed E-state index contributed by atoms with van der Waals surface area (Å²) in [7, 11) is 8.54. The van der Waals surface area contributed by atoms with Crippen molar-refractivity contribution in [3.63, 3.8) is 0 Å². The number of methoxy groups -OCH3 is 6. The minimum absolute atomic E-state index is 0.150. The van der Waals surface area contributed by atoms with Gasteiger partial charge in [-0.3, -0.25) is 4.79 Å². The third-order valence-electron chi connectivity index (χ3n) is 7.12. The highest BCUT2D eigenvalue weighted by molar-refractivity contribution is 6.24. The summed E-state index contributed by atoms with van der Waals surface area (Å²) in [4.78, 5) is 27.8. The van der Waals surface area contributed by atoms with E-state index in [2.05, 4.69) is 6.92 Å². The number of aryl methyl sites for hydroxylation is 1. The van der Waals surface area contributed by atoms with E-state index in [4.69, 9.17) is 28.4 Å². The van der Waals surface area contributed by atoms with Crippen LogP contribution in [-0.4, -0.2) is 59.5 Å². The van der Waals surface area contributed by atoms with E-state index in [1.54, 1.807) is 36.4 Å². The molecule has 42 heavy (non-hydrogen) atoms. The standard InChI is InChI=1S/C33H34O9/c1-8-9-18-10-12-19(13-11-18)29(34)28-27(33(36)42-7)25(20-14-15-22(37-2)23(16-20)38-3)26-21(30(28)35)17-24(39-4)31(40-5)32(26)41-6/h10-17,35H,8-9H2,1-7H3. The van der Waals surface area contributed by atoms with Crippen molar-refractivity contribution < 1.29 is 43.1 Å². The number of rotatable bonds is 11. The fraction of sp³-hybridized carbons (Fsp3) is 0.273. The molecule has 0 saturated heterocycles. The number of phenolic OH excluding ortho intramolecular Hbond substituents is 1. The second-order valence-corrected chi connectivity index (χ2v) is 9.38. The van der Waals surface area contributed by atoms with Gasteiger partial charge >= 0.3 is 5.97 Å². The molecule has 0 saturated carbocycles. The van der Waals surface area contributed by atoms with Gasteiger partial charge in [0, 0.05) is 21.9 Å². The molecule has 0 heterocycles. The normalized spacial score (nSPS) is 10.7. The van der Waals surface area contributed by atoms with Gasteiger partial charge in [0.25, 0.3) is 0 Å².